The van der Waals surface area contributed by atoms with Crippen LogP contribution in [0.25, 0.3) is 0 Å². The lowest BCUT2D eigenvalue weighted by atomic mass is 9.92. The van der Waals surface area contributed by atoms with Crippen molar-refractivity contribution in [1.29, 1.82) is 0 Å². The van der Waals surface area contributed by atoms with Gasteiger partial charge in [0.15, 0.2) is 0 Å². The molecule has 0 bridgehead atoms. The van der Waals surface area contributed by atoms with Crippen molar-refractivity contribution in [2.45, 2.75) is 19.4 Å². The quantitative estimate of drug-likeness (QED) is 0.850. The van der Waals surface area contributed by atoms with E-state index in [9.17, 15) is 9.59 Å². The zero-order chi connectivity index (χ0) is 14.7. The van der Waals surface area contributed by atoms with Gasteiger partial charge in [-0.2, -0.15) is 0 Å². The van der Waals surface area contributed by atoms with E-state index in [1.165, 1.54) is 0 Å². The number of benzene rings is 1. The summed E-state index contributed by atoms with van der Waals surface area (Å²) in [5, 5.41) is 2.79. The molecule has 1 heterocycles. The van der Waals surface area contributed by atoms with Gasteiger partial charge in [-0.15, -0.1) is 6.58 Å². The summed E-state index contributed by atoms with van der Waals surface area (Å²) in [6, 6.07) is 7.80. The van der Waals surface area contributed by atoms with Gasteiger partial charge in [-0.25, -0.2) is 0 Å². The number of carbonyl (C=O) groups excluding carboxylic acids is 2. The summed E-state index contributed by atoms with van der Waals surface area (Å²) in [7, 11) is 1.76. The highest BCUT2D eigenvalue weighted by molar-refractivity contribution is 5.90. The van der Waals surface area contributed by atoms with Crippen molar-refractivity contribution in [2.75, 3.05) is 13.6 Å². The van der Waals surface area contributed by atoms with Crippen molar-refractivity contribution in [3.63, 3.8) is 0 Å². The summed E-state index contributed by atoms with van der Waals surface area (Å²) in [4.78, 5) is 25.8. The number of carbonyl (C=O) groups is 2. The van der Waals surface area contributed by atoms with E-state index < -0.39 is 0 Å². The third kappa shape index (κ3) is 2.74. The van der Waals surface area contributed by atoms with Gasteiger partial charge in [-0.3, -0.25) is 9.59 Å². The lowest BCUT2D eigenvalue weighted by Gasteiger charge is -2.25. The van der Waals surface area contributed by atoms with Crippen LogP contribution in [0, 0.1) is 12.8 Å². The predicted molar refractivity (Wildman–Crippen MR) is 78.0 cm³/mol. The summed E-state index contributed by atoms with van der Waals surface area (Å²) in [6.45, 7) is 6.02. The summed E-state index contributed by atoms with van der Waals surface area (Å²) in [6.07, 6.45) is 1.90. The molecular formula is C16H20N2O2. The third-order valence-corrected chi connectivity index (χ3v) is 3.76. The Morgan fingerprint density at radius 2 is 2.10 bits per heavy atom. The average Bonchev–Trinajstić information content (AvgIpc) is 2.73. The molecule has 1 saturated heterocycles. The first kappa shape index (κ1) is 14.3. The van der Waals surface area contributed by atoms with E-state index in [1.807, 2.05) is 31.2 Å². The van der Waals surface area contributed by atoms with Crippen LogP contribution in [0.15, 0.2) is 36.9 Å². The number of nitrogens with zero attached hydrogens (tertiary/aromatic N) is 1. The second-order valence-electron chi connectivity index (χ2n) is 5.20. The van der Waals surface area contributed by atoms with Crippen molar-refractivity contribution in [2.24, 2.45) is 5.92 Å². The van der Waals surface area contributed by atoms with Crippen LogP contribution >= 0.6 is 0 Å². The highest BCUT2D eigenvalue weighted by Gasteiger charge is 2.42. The normalized spacial score (nSPS) is 21.9. The van der Waals surface area contributed by atoms with Gasteiger partial charge in [0.1, 0.15) is 0 Å². The number of hydrogen-bond acceptors (Lipinski definition) is 2. The van der Waals surface area contributed by atoms with E-state index in [0.29, 0.717) is 6.54 Å². The topological polar surface area (TPSA) is 49.4 Å². The highest BCUT2D eigenvalue weighted by Crippen LogP contribution is 2.37. The lowest BCUT2D eigenvalue weighted by Crippen LogP contribution is -2.34. The second-order valence-corrected chi connectivity index (χ2v) is 5.20. The van der Waals surface area contributed by atoms with Gasteiger partial charge in [-0.05, 0) is 12.5 Å². The molecule has 2 amide bonds. The van der Waals surface area contributed by atoms with Crippen molar-refractivity contribution in [3.8, 4) is 0 Å². The number of aryl methyl sites for hydroxylation is 1. The zero-order valence-electron chi connectivity index (χ0n) is 11.9. The van der Waals surface area contributed by atoms with Gasteiger partial charge in [0.2, 0.25) is 11.8 Å². The molecule has 106 valence electrons. The fraction of sp³-hybridized carbons (Fsp3) is 0.375. The Balaban J connectivity index is 2.26. The first-order valence-corrected chi connectivity index (χ1v) is 6.75. The second kappa shape index (κ2) is 5.90. The average molecular weight is 272 g/mol. The molecule has 0 unspecified atom stereocenters. The molecule has 1 fully saturated rings. The molecule has 0 radical (unpaired) electrons. The maximum atomic E-state index is 12.2. The van der Waals surface area contributed by atoms with Gasteiger partial charge < -0.3 is 10.2 Å². The summed E-state index contributed by atoms with van der Waals surface area (Å²) < 4.78 is 0. The molecule has 0 saturated carbocycles. The number of amides is 2. The van der Waals surface area contributed by atoms with E-state index in [2.05, 4.69) is 11.9 Å². The van der Waals surface area contributed by atoms with Gasteiger partial charge in [-0.1, -0.05) is 35.9 Å². The first-order chi connectivity index (χ1) is 9.54. The standard InChI is InChI=1S/C16H20N2O2/c1-4-9-17-16(20)13-10-14(19)18(3)15(13)12-7-5-11(2)6-8-12/h4-8,13,15H,1,9-10H2,2-3H3,(H,17,20)/t13-,15+/m0/s1. The fourth-order valence-corrected chi connectivity index (χ4v) is 2.63. The maximum absolute atomic E-state index is 12.2. The molecule has 1 aliphatic heterocycles. The molecular weight excluding hydrogens is 252 g/mol. The minimum absolute atomic E-state index is 0.00864. The molecule has 4 heteroatoms. The number of rotatable bonds is 4. The molecule has 2 rings (SSSR count). The molecule has 1 aromatic rings. The molecule has 0 spiro atoms. The number of nitrogens with one attached hydrogen (secondary N) is 1. The highest BCUT2D eigenvalue weighted by atomic mass is 16.2. The lowest BCUT2D eigenvalue weighted by molar-refractivity contribution is -0.128. The van der Waals surface area contributed by atoms with E-state index in [4.69, 9.17) is 0 Å². The first-order valence-electron chi connectivity index (χ1n) is 6.75. The molecule has 2 atom stereocenters. The Morgan fingerprint density at radius 1 is 1.45 bits per heavy atom. The molecule has 1 N–H and O–H groups in total. The van der Waals surface area contributed by atoms with Gasteiger partial charge >= 0.3 is 0 Å². The van der Waals surface area contributed by atoms with E-state index >= 15 is 0 Å². The molecule has 1 aromatic carbocycles. The van der Waals surface area contributed by atoms with Crippen molar-refractivity contribution in [1.82, 2.24) is 10.2 Å². The Morgan fingerprint density at radius 3 is 2.70 bits per heavy atom. The van der Waals surface area contributed by atoms with Crippen LogP contribution in [0.3, 0.4) is 0 Å². The van der Waals surface area contributed by atoms with Crippen LogP contribution in [0.4, 0.5) is 0 Å². The largest absolute Gasteiger partial charge is 0.352 e. The van der Waals surface area contributed by atoms with Crippen LogP contribution in [-0.2, 0) is 9.59 Å². The van der Waals surface area contributed by atoms with Crippen LogP contribution in [0.5, 0.6) is 0 Å². The van der Waals surface area contributed by atoms with Gasteiger partial charge in [0.25, 0.3) is 0 Å². The minimum Gasteiger partial charge on any atom is -0.352 e. The van der Waals surface area contributed by atoms with Crippen LogP contribution in [0.1, 0.15) is 23.6 Å². The van der Waals surface area contributed by atoms with Crippen LogP contribution < -0.4 is 5.32 Å². The summed E-state index contributed by atoms with van der Waals surface area (Å²) in [5.74, 6) is -0.419. The van der Waals surface area contributed by atoms with Crippen LogP contribution in [0.2, 0.25) is 0 Å². The minimum atomic E-state index is -0.338. The van der Waals surface area contributed by atoms with Crippen molar-refractivity contribution >= 4 is 11.8 Å². The fourth-order valence-electron chi connectivity index (χ4n) is 2.63. The smallest absolute Gasteiger partial charge is 0.226 e. The number of hydrogen-bond donors (Lipinski definition) is 1. The monoisotopic (exact) mass is 272 g/mol. The van der Waals surface area contributed by atoms with Crippen molar-refractivity contribution in [3.05, 3.63) is 48.0 Å². The maximum Gasteiger partial charge on any atom is 0.226 e. The summed E-state index contributed by atoms with van der Waals surface area (Å²) >= 11 is 0. The van der Waals surface area contributed by atoms with E-state index in [1.54, 1.807) is 18.0 Å². The Hall–Kier alpha value is -2.10. The zero-order valence-corrected chi connectivity index (χ0v) is 11.9. The van der Waals surface area contributed by atoms with Crippen molar-refractivity contribution < 1.29 is 9.59 Å². The Kier molecular flexibility index (Phi) is 4.23. The van der Waals surface area contributed by atoms with E-state index in [0.717, 1.165) is 11.1 Å². The third-order valence-electron chi connectivity index (χ3n) is 3.76. The molecule has 1 aliphatic rings. The Labute approximate surface area is 119 Å². The molecule has 0 aromatic heterocycles. The molecule has 0 aliphatic carbocycles. The SMILES string of the molecule is C=CCNC(=O)[C@H]1CC(=O)N(C)[C@@H]1c1ccc(C)cc1. The summed E-state index contributed by atoms with van der Waals surface area (Å²) in [5.41, 5.74) is 2.16. The molecule has 20 heavy (non-hydrogen) atoms. The Bertz CT molecular complexity index is 522. The number of likely N-dealkylation sites (tertiary alicyclic amines) is 1. The predicted octanol–water partition coefficient (Wildman–Crippen LogP) is 1.82. The van der Waals surface area contributed by atoms with Gasteiger partial charge in [0, 0.05) is 20.0 Å². The molecule has 4 nitrogen and oxygen atoms in total. The van der Waals surface area contributed by atoms with Gasteiger partial charge in [0.05, 0.1) is 12.0 Å². The van der Waals surface area contributed by atoms with Crippen LogP contribution in [-0.4, -0.2) is 30.3 Å². The van der Waals surface area contributed by atoms with E-state index in [-0.39, 0.29) is 30.2 Å².